The van der Waals surface area contributed by atoms with Gasteiger partial charge in [-0.25, -0.2) is 0 Å². The van der Waals surface area contributed by atoms with E-state index >= 15 is 0 Å². The fourth-order valence-corrected chi connectivity index (χ4v) is 3.35. The molecule has 1 aliphatic heterocycles. The lowest BCUT2D eigenvalue weighted by Gasteiger charge is -2.27. The average Bonchev–Trinajstić information content (AvgIpc) is 2.84. The first kappa shape index (κ1) is 19.7. The molecular formula is C16H29IN4S. The van der Waals surface area contributed by atoms with Gasteiger partial charge in [-0.15, -0.1) is 35.3 Å². The van der Waals surface area contributed by atoms with Crippen LogP contribution < -0.4 is 10.6 Å². The topological polar surface area (TPSA) is 39.7 Å². The van der Waals surface area contributed by atoms with Crippen LogP contribution in [0.1, 0.15) is 38.1 Å². The molecule has 1 aromatic heterocycles. The molecule has 0 atom stereocenters. The van der Waals surface area contributed by atoms with Crippen molar-refractivity contribution in [3.63, 3.8) is 0 Å². The van der Waals surface area contributed by atoms with Gasteiger partial charge < -0.3 is 10.6 Å². The van der Waals surface area contributed by atoms with Gasteiger partial charge in [0.25, 0.3) is 0 Å². The zero-order valence-electron chi connectivity index (χ0n) is 14.1. The summed E-state index contributed by atoms with van der Waals surface area (Å²) in [5.41, 5.74) is 1.55. The number of thiophene rings is 1. The maximum Gasteiger partial charge on any atom is 0.191 e. The highest BCUT2D eigenvalue weighted by Crippen LogP contribution is 2.23. The molecule has 2 rings (SSSR count). The summed E-state index contributed by atoms with van der Waals surface area (Å²) in [6, 6.07) is 2.26. The number of nitrogens with zero attached hydrogens (tertiary/aromatic N) is 2. The third-order valence-corrected chi connectivity index (χ3v) is 4.43. The minimum Gasteiger partial charge on any atom is -0.357 e. The van der Waals surface area contributed by atoms with Gasteiger partial charge in [0.1, 0.15) is 0 Å². The van der Waals surface area contributed by atoms with E-state index in [0.29, 0.717) is 0 Å². The molecule has 1 aromatic rings. The average molecular weight is 436 g/mol. The number of fused-ring (bicyclic) bond motifs is 1. The normalized spacial score (nSPS) is 15.9. The first-order valence-electron chi connectivity index (χ1n) is 7.82. The fraction of sp³-hybridized carbons (Fsp3) is 0.688. The molecule has 0 saturated heterocycles. The SMILES string of the molecule is CCNC(=NCCN1CCc2sccc2C1)NC(C)(C)C.I. The van der Waals surface area contributed by atoms with Crippen LogP contribution in [-0.4, -0.2) is 42.6 Å². The van der Waals surface area contributed by atoms with Crippen LogP contribution in [0.4, 0.5) is 0 Å². The Morgan fingerprint density at radius 3 is 2.86 bits per heavy atom. The van der Waals surface area contributed by atoms with Gasteiger partial charge >= 0.3 is 0 Å². The Kier molecular flexibility index (Phi) is 8.13. The van der Waals surface area contributed by atoms with E-state index in [0.717, 1.165) is 38.7 Å². The highest BCUT2D eigenvalue weighted by Gasteiger charge is 2.16. The van der Waals surface area contributed by atoms with Crippen molar-refractivity contribution in [1.82, 2.24) is 15.5 Å². The third kappa shape index (κ3) is 6.42. The number of aliphatic imine (C=N–C) groups is 1. The molecule has 22 heavy (non-hydrogen) atoms. The Labute approximate surface area is 155 Å². The van der Waals surface area contributed by atoms with Crippen molar-refractivity contribution >= 4 is 41.3 Å². The van der Waals surface area contributed by atoms with Crippen molar-refractivity contribution in [3.8, 4) is 0 Å². The molecule has 6 heteroatoms. The Bertz CT molecular complexity index is 479. The number of rotatable bonds is 4. The summed E-state index contributed by atoms with van der Waals surface area (Å²) < 4.78 is 0. The quantitative estimate of drug-likeness (QED) is 0.433. The zero-order valence-corrected chi connectivity index (χ0v) is 17.3. The second kappa shape index (κ2) is 9.08. The van der Waals surface area contributed by atoms with Gasteiger partial charge in [-0.05, 0) is 51.1 Å². The smallest absolute Gasteiger partial charge is 0.191 e. The van der Waals surface area contributed by atoms with Crippen molar-refractivity contribution < 1.29 is 0 Å². The summed E-state index contributed by atoms with van der Waals surface area (Å²) in [5.74, 6) is 0.915. The van der Waals surface area contributed by atoms with Gasteiger partial charge in [0.05, 0.1) is 6.54 Å². The van der Waals surface area contributed by atoms with Crippen LogP contribution in [0, 0.1) is 0 Å². The molecule has 2 N–H and O–H groups in total. The van der Waals surface area contributed by atoms with Gasteiger partial charge in [0, 0.05) is 36.6 Å². The zero-order chi connectivity index (χ0) is 15.3. The van der Waals surface area contributed by atoms with E-state index in [1.165, 1.54) is 12.0 Å². The summed E-state index contributed by atoms with van der Waals surface area (Å²) in [7, 11) is 0. The predicted octanol–water partition coefficient (Wildman–Crippen LogP) is 3.08. The highest BCUT2D eigenvalue weighted by molar-refractivity contribution is 14.0. The van der Waals surface area contributed by atoms with Crippen LogP contribution in [-0.2, 0) is 13.0 Å². The van der Waals surface area contributed by atoms with Crippen molar-refractivity contribution in [2.75, 3.05) is 26.2 Å². The lowest BCUT2D eigenvalue weighted by Crippen LogP contribution is -2.47. The van der Waals surface area contributed by atoms with E-state index in [1.54, 1.807) is 4.88 Å². The lowest BCUT2D eigenvalue weighted by atomic mass is 10.1. The fourth-order valence-electron chi connectivity index (χ4n) is 2.46. The molecule has 2 heterocycles. The number of nitrogens with one attached hydrogen (secondary N) is 2. The Morgan fingerprint density at radius 2 is 2.18 bits per heavy atom. The number of guanidine groups is 1. The first-order chi connectivity index (χ1) is 9.98. The first-order valence-corrected chi connectivity index (χ1v) is 8.70. The summed E-state index contributed by atoms with van der Waals surface area (Å²) in [5, 5.41) is 8.95. The maximum absolute atomic E-state index is 4.69. The molecule has 0 saturated carbocycles. The molecule has 0 amide bonds. The highest BCUT2D eigenvalue weighted by atomic mass is 127. The van der Waals surface area contributed by atoms with Crippen LogP contribution in [0.2, 0.25) is 0 Å². The van der Waals surface area contributed by atoms with Crippen molar-refractivity contribution in [2.24, 2.45) is 4.99 Å². The molecule has 4 nitrogen and oxygen atoms in total. The second-order valence-electron chi connectivity index (χ2n) is 6.53. The molecule has 0 bridgehead atoms. The number of hydrogen-bond donors (Lipinski definition) is 2. The van der Waals surface area contributed by atoms with Gasteiger partial charge in [0.15, 0.2) is 5.96 Å². The Hall–Kier alpha value is -0.340. The molecular weight excluding hydrogens is 407 g/mol. The third-order valence-electron chi connectivity index (χ3n) is 3.41. The minimum atomic E-state index is 0. The second-order valence-corrected chi connectivity index (χ2v) is 7.53. The van der Waals surface area contributed by atoms with Crippen molar-refractivity contribution in [2.45, 2.75) is 46.2 Å². The van der Waals surface area contributed by atoms with Crippen molar-refractivity contribution in [3.05, 3.63) is 21.9 Å². The maximum atomic E-state index is 4.69. The van der Waals surface area contributed by atoms with Gasteiger partial charge in [0.2, 0.25) is 0 Å². The molecule has 126 valence electrons. The monoisotopic (exact) mass is 436 g/mol. The van der Waals surface area contributed by atoms with Crippen LogP contribution in [0.25, 0.3) is 0 Å². The molecule has 0 spiro atoms. The van der Waals surface area contributed by atoms with Crippen molar-refractivity contribution in [1.29, 1.82) is 0 Å². The summed E-state index contributed by atoms with van der Waals surface area (Å²) >= 11 is 1.89. The number of halogens is 1. The van der Waals surface area contributed by atoms with E-state index in [4.69, 9.17) is 4.99 Å². The molecule has 0 aliphatic carbocycles. The van der Waals surface area contributed by atoms with Crippen LogP contribution >= 0.6 is 35.3 Å². The van der Waals surface area contributed by atoms with Gasteiger partial charge in [-0.3, -0.25) is 9.89 Å². The van der Waals surface area contributed by atoms with E-state index in [9.17, 15) is 0 Å². The van der Waals surface area contributed by atoms with Crippen LogP contribution in [0.3, 0.4) is 0 Å². The van der Waals surface area contributed by atoms with Crippen LogP contribution in [0.15, 0.2) is 16.4 Å². The molecule has 1 aliphatic rings. The van der Waals surface area contributed by atoms with E-state index in [2.05, 4.69) is 54.7 Å². The summed E-state index contributed by atoms with van der Waals surface area (Å²) in [4.78, 5) is 8.76. The Balaban J connectivity index is 0.00000242. The van der Waals surface area contributed by atoms with Gasteiger partial charge in [-0.2, -0.15) is 0 Å². The van der Waals surface area contributed by atoms with Gasteiger partial charge in [-0.1, -0.05) is 0 Å². The lowest BCUT2D eigenvalue weighted by molar-refractivity contribution is 0.263. The summed E-state index contributed by atoms with van der Waals surface area (Å²) in [6.07, 6.45) is 1.19. The largest absolute Gasteiger partial charge is 0.357 e. The predicted molar refractivity (Wildman–Crippen MR) is 108 cm³/mol. The molecule has 0 fully saturated rings. The van der Waals surface area contributed by atoms with E-state index < -0.39 is 0 Å². The standard InChI is InChI=1S/C16H28N4S.HI/c1-5-17-15(19-16(2,3)4)18-8-10-20-9-6-14-13(12-20)7-11-21-14;/h7,11H,5-6,8-10,12H2,1-4H3,(H2,17,18,19);1H. The molecule has 0 radical (unpaired) electrons. The number of hydrogen-bond acceptors (Lipinski definition) is 3. The Morgan fingerprint density at radius 1 is 1.41 bits per heavy atom. The summed E-state index contributed by atoms with van der Waals surface area (Å²) in [6.45, 7) is 13.6. The van der Waals surface area contributed by atoms with Crippen LogP contribution in [0.5, 0.6) is 0 Å². The van der Waals surface area contributed by atoms with E-state index in [1.807, 2.05) is 11.3 Å². The molecule has 0 aromatic carbocycles. The minimum absolute atomic E-state index is 0. The van der Waals surface area contributed by atoms with E-state index in [-0.39, 0.29) is 29.5 Å². The molecule has 0 unspecified atom stereocenters.